The minimum atomic E-state index is -4.78. The number of hydrogen-bond donors (Lipinski definition) is 2. The van der Waals surface area contributed by atoms with Gasteiger partial charge in [0.15, 0.2) is 5.69 Å². The number of carboxylic acid groups (broad SMARTS) is 1. The topological polar surface area (TPSA) is 92.4 Å². The summed E-state index contributed by atoms with van der Waals surface area (Å²) in [4.78, 5) is 21.5. The van der Waals surface area contributed by atoms with Crippen molar-refractivity contribution in [3.8, 4) is 0 Å². The van der Waals surface area contributed by atoms with Crippen LogP contribution in [0.25, 0.3) is 0 Å². The van der Waals surface area contributed by atoms with Gasteiger partial charge in [0.05, 0.1) is 0 Å². The summed E-state index contributed by atoms with van der Waals surface area (Å²) in [6.45, 7) is -0.0480. The van der Waals surface area contributed by atoms with Gasteiger partial charge in [-0.1, -0.05) is 5.16 Å². The molecule has 100 valence electrons. The number of hydrogen-bond acceptors (Lipinski definition) is 4. The summed E-state index contributed by atoms with van der Waals surface area (Å²) in [5.74, 6) is -2.06. The van der Waals surface area contributed by atoms with E-state index < -0.39 is 29.3 Å². The molecule has 0 bridgehead atoms. The zero-order valence-corrected chi connectivity index (χ0v) is 8.95. The maximum absolute atomic E-state index is 12.4. The SMILES string of the molecule is O=C(O)CCCNC(=O)c1conc1C(F)(F)F. The summed E-state index contributed by atoms with van der Waals surface area (Å²) in [6, 6.07) is 0. The van der Waals surface area contributed by atoms with E-state index in [1.54, 1.807) is 0 Å². The molecule has 0 radical (unpaired) electrons. The first kappa shape index (κ1) is 14.0. The van der Waals surface area contributed by atoms with Crippen LogP contribution < -0.4 is 5.32 Å². The fraction of sp³-hybridized carbons (Fsp3) is 0.444. The van der Waals surface area contributed by atoms with Crippen LogP contribution in [0, 0.1) is 0 Å². The summed E-state index contributed by atoms with van der Waals surface area (Å²) in [6.07, 6.45) is -4.25. The predicted molar refractivity (Wildman–Crippen MR) is 50.7 cm³/mol. The van der Waals surface area contributed by atoms with Crippen LogP contribution in [-0.2, 0) is 11.0 Å². The summed E-state index contributed by atoms with van der Waals surface area (Å²) in [5, 5.41) is 13.2. The van der Waals surface area contributed by atoms with Crippen LogP contribution in [-0.4, -0.2) is 28.7 Å². The molecule has 0 unspecified atom stereocenters. The van der Waals surface area contributed by atoms with Gasteiger partial charge in [-0.3, -0.25) is 9.59 Å². The molecule has 1 rings (SSSR count). The Bertz CT molecular complexity index is 441. The third kappa shape index (κ3) is 3.75. The number of aliphatic carboxylic acids is 1. The Morgan fingerprint density at radius 1 is 1.44 bits per heavy atom. The van der Waals surface area contributed by atoms with Gasteiger partial charge in [0.2, 0.25) is 0 Å². The second-order valence-corrected chi connectivity index (χ2v) is 3.33. The summed E-state index contributed by atoms with van der Waals surface area (Å²) in [5.41, 5.74) is -2.13. The first-order chi connectivity index (χ1) is 8.32. The van der Waals surface area contributed by atoms with Crippen LogP contribution in [0.4, 0.5) is 13.2 Å². The van der Waals surface area contributed by atoms with Crippen LogP contribution in [0.1, 0.15) is 28.9 Å². The molecule has 2 N–H and O–H groups in total. The molecule has 9 heteroatoms. The van der Waals surface area contributed by atoms with Crippen molar-refractivity contribution in [1.82, 2.24) is 10.5 Å². The Morgan fingerprint density at radius 3 is 2.67 bits per heavy atom. The second kappa shape index (κ2) is 5.52. The highest BCUT2D eigenvalue weighted by Gasteiger charge is 2.39. The van der Waals surface area contributed by atoms with Gasteiger partial charge in [-0.15, -0.1) is 0 Å². The molecule has 0 aliphatic heterocycles. The van der Waals surface area contributed by atoms with Crippen molar-refractivity contribution in [2.24, 2.45) is 0 Å². The van der Waals surface area contributed by atoms with E-state index in [2.05, 4.69) is 15.0 Å². The van der Waals surface area contributed by atoms with E-state index in [4.69, 9.17) is 5.11 Å². The van der Waals surface area contributed by atoms with Gasteiger partial charge in [-0.2, -0.15) is 13.2 Å². The lowest BCUT2D eigenvalue weighted by atomic mass is 10.2. The van der Waals surface area contributed by atoms with Gasteiger partial charge in [-0.25, -0.2) is 0 Å². The number of halogens is 3. The van der Waals surface area contributed by atoms with Gasteiger partial charge in [0.25, 0.3) is 5.91 Å². The fourth-order valence-corrected chi connectivity index (χ4v) is 1.14. The number of alkyl halides is 3. The molecule has 0 aliphatic carbocycles. The van der Waals surface area contributed by atoms with E-state index in [0.29, 0.717) is 6.26 Å². The fourth-order valence-electron chi connectivity index (χ4n) is 1.14. The molecule has 18 heavy (non-hydrogen) atoms. The van der Waals surface area contributed by atoms with Crippen molar-refractivity contribution in [2.75, 3.05) is 6.54 Å². The van der Waals surface area contributed by atoms with Gasteiger partial charge >= 0.3 is 12.1 Å². The van der Waals surface area contributed by atoms with Crippen molar-refractivity contribution >= 4 is 11.9 Å². The molecular formula is C9H9F3N2O4. The number of amides is 1. The molecule has 1 aromatic rings. The van der Waals surface area contributed by atoms with Crippen LogP contribution in [0.2, 0.25) is 0 Å². The second-order valence-electron chi connectivity index (χ2n) is 3.33. The predicted octanol–water partition coefficient (Wildman–Crippen LogP) is 1.29. The normalized spacial score (nSPS) is 11.3. The van der Waals surface area contributed by atoms with E-state index in [1.165, 1.54) is 0 Å². The smallest absolute Gasteiger partial charge is 0.437 e. The third-order valence-corrected chi connectivity index (χ3v) is 1.94. The molecule has 0 saturated carbocycles. The average molecular weight is 266 g/mol. The highest BCUT2D eigenvalue weighted by atomic mass is 19.4. The van der Waals surface area contributed by atoms with Crippen LogP contribution in [0.3, 0.4) is 0 Å². The van der Waals surface area contributed by atoms with Gasteiger partial charge in [0, 0.05) is 13.0 Å². The number of carboxylic acids is 1. The zero-order chi connectivity index (χ0) is 13.8. The molecule has 1 heterocycles. The van der Waals surface area contributed by atoms with E-state index in [-0.39, 0.29) is 19.4 Å². The number of aromatic nitrogens is 1. The number of carbonyl (C=O) groups is 2. The monoisotopic (exact) mass is 266 g/mol. The Labute approximate surface area is 98.8 Å². The van der Waals surface area contributed by atoms with Crippen LogP contribution >= 0.6 is 0 Å². The lowest BCUT2D eigenvalue weighted by molar-refractivity contribution is -0.143. The van der Waals surface area contributed by atoms with Crippen LogP contribution in [0.15, 0.2) is 10.8 Å². The van der Waals surface area contributed by atoms with E-state index in [0.717, 1.165) is 0 Å². The molecule has 1 amide bonds. The summed E-state index contributed by atoms with van der Waals surface area (Å²) < 4.78 is 41.2. The van der Waals surface area contributed by atoms with Crippen molar-refractivity contribution in [3.05, 3.63) is 17.5 Å². The quantitative estimate of drug-likeness (QED) is 0.783. The Balaban J connectivity index is 2.57. The van der Waals surface area contributed by atoms with Crippen molar-refractivity contribution in [3.63, 3.8) is 0 Å². The molecule has 0 fully saturated rings. The average Bonchev–Trinajstić information content (AvgIpc) is 2.72. The number of nitrogens with one attached hydrogen (secondary N) is 1. The Hall–Kier alpha value is -2.06. The highest BCUT2D eigenvalue weighted by Crippen LogP contribution is 2.30. The highest BCUT2D eigenvalue weighted by molar-refractivity contribution is 5.95. The minimum Gasteiger partial charge on any atom is -0.481 e. The largest absolute Gasteiger partial charge is 0.481 e. The van der Waals surface area contributed by atoms with Crippen molar-refractivity contribution in [1.29, 1.82) is 0 Å². The molecule has 0 atom stereocenters. The first-order valence-electron chi connectivity index (χ1n) is 4.84. The molecule has 1 aromatic heterocycles. The number of carbonyl (C=O) groups excluding carboxylic acids is 1. The van der Waals surface area contributed by atoms with E-state index in [1.807, 2.05) is 0 Å². The first-order valence-corrected chi connectivity index (χ1v) is 4.84. The number of rotatable bonds is 5. The van der Waals surface area contributed by atoms with Gasteiger partial charge < -0.3 is 14.9 Å². The molecule has 0 aliphatic rings. The molecule has 0 spiro atoms. The van der Waals surface area contributed by atoms with Gasteiger partial charge in [-0.05, 0) is 6.42 Å². The minimum absolute atomic E-state index is 0.0480. The van der Waals surface area contributed by atoms with Crippen LogP contribution in [0.5, 0.6) is 0 Å². The van der Waals surface area contributed by atoms with Crippen molar-refractivity contribution in [2.45, 2.75) is 19.0 Å². The lowest BCUT2D eigenvalue weighted by Crippen LogP contribution is -2.26. The Kier molecular flexibility index (Phi) is 4.29. The summed E-state index contributed by atoms with van der Waals surface area (Å²) in [7, 11) is 0. The standard InChI is InChI=1S/C9H9F3N2O4/c10-9(11,12)7-5(4-18-14-7)8(17)13-3-1-2-6(15)16/h4H,1-3H2,(H,13,17)(H,15,16). The Morgan fingerprint density at radius 2 is 2.11 bits per heavy atom. The molecule has 6 nitrogen and oxygen atoms in total. The van der Waals surface area contributed by atoms with E-state index in [9.17, 15) is 22.8 Å². The van der Waals surface area contributed by atoms with Crippen molar-refractivity contribution < 1.29 is 32.4 Å². The molecular weight excluding hydrogens is 257 g/mol. The van der Waals surface area contributed by atoms with E-state index >= 15 is 0 Å². The third-order valence-electron chi connectivity index (χ3n) is 1.94. The lowest BCUT2D eigenvalue weighted by Gasteiger charge is -2.05. The van der Waals surface area contributed by atoms with Gasteiger partial charge in [0.1, 0.15) is 11.8 Å². The molecule has 0 saturated heterocycles. The summed E-state index contributed by atoms with van der Waals surface area (Å²) >= 11 is 0. The maximum Gasteiger partial charge on any atom is 0.437 e. The molecule has 0 aromatic carbocycles. The maximum atomic E-state index is 12.4. The zero-order valence-electron chi connectivity index (χ0n) is 8.95. The number of nitrogens with zero attached hydrogens (tertiary/aromatic N) is 1.